The minimum atomic E-state index is -2.03. The normalized spacial score (nSPS) is 11.1. The van der Waals surface area contributed by atoms with Crippen LogP contribution in [0.3, 0.4) is 0 Å². The van der Waals surface area contributed by atoms with Crippen molar-refractivity contribution in [2.45, 2.75) is 5.79 Å². The number of nitrogens with two attached hydrogens (primary N) is 2. The molecule has 0 bridgehead atoms. The molecule has 2 rings (SSSR count). The van der Waals surface area contributed by atoms with E-state index < -0.39 is 11.8 Å². The third kappa shape index (κ3) is 2.57. The molecule has 0 saturated carbocycles. The molecular formula is C14H15N3O2. The second-order valence-electron chi connectivity index (χ2n) is 4.14. The fraction of sp³-hybridized carbons (Fsp3) is 0.0714. The Morgan fingerprint density at radius 1 is 0.895 bits per heavy atom. The van der Waals surface area contributed by atoms with Crippen molar-refractivity contribution in [3.8, 4) is 0 Å². The molecule has 19 heavy (non-hydrogen) atoms. The van der Waals surface area contributed by atoms with Gasteiger partial charge in [-0.1, -0.05) is 36.4 Å². The van der Waals surface area contributed by atoms with Crippen molar-refractivity contribution in [3.63, 3.8) is 0 Å². The summed E-state index contributed by atoms with van der Waals surface area (Å²) in [6.07, 6.45) is 0. The summed E-state index contributed by atoms with van der Waals surface area (Å²) in [4.78, 5) is 12.7. The molecule has 0 aliphatic heterocycles. The number of carboxylic acids is 1. The fourth-order valence-electron chi connectivity index (χ4n) is 1.83. The molecule has 0 heterocycles. The molecule has 5 nitrogen and oxygen atoms in total. The average molecular weight is 257 g/mol. The van der Waals surface area contributed by atoms with Gasteiger partial charge in [0.25, 0.3) is 0 Å². The van der Waals surface area contributed by atoms with Gasteiger partial charge in [-0.2, -0.15) is 0 Å². The molecule has 0 amide bonds. The van der Waals surface area contributed by atoms with E-state index in [1.807, 2.05) is 12.1 Å². The van der Waals surface area contributed by atoms with Gasteiger partial charge in [0.1, 0.15) is 0 Å². The van der Waals surface area contributed by atoms with Crippen molar-refractivity contribution in [1.29, 1.82) is 0 Å². The van der Waals surface area contributed by atoms with Crippen molar-refractivity contribution >= 4 is 17.3 Å². The second-order valence-corrected chi connectivity index (χ2v) is 4.14. The molecule has 0 saturated heterocycles. The Morgan fingerprint density at radius 3 is 1.58 bits per heavy atom. The summed E-state index contributed by atoms with van der Waals surface area (Å²) in [6, 6.07) is 17.9. The predicted molar refractivity (Wildman–Crippen MR) is 73.8 cm³/mol. The van der Waals surface area contributed by atoms with E-state index in [4.69, 9.17) is 11.5 Å². The number of carboxylic acid groups (broad SMARTS) is 1. The van der Waals surface area contributed by atoms with Crippen LogP contribution in [0.15, 0.2) is 60.7 Å². The summed E-state index contributed by atoms with van der Waals surface area (Å²) in [5, 5.41) is 9.24. The van der Waals surface area contributed by atoms with Crippen molar-refractivity contribution in [2.75, 3.05) is 4.90 Å². The zero-order valence-corrected chi connectivity index (χ0v) is 10.2. The number of rotatable bonds is 4. The van der Waals surface area contributed by atoms with E-state index in [0.717, 1.165) is 0 Å². The van der Waals surface area contributed by atoms with Crippen LogP contribution in [0.5, 0.6) is 0 Å². The van der Waals surface area contributed by atoms with Gasteiger partial charge in [-0.3, -0.25) is 11.5 Å². The number of anilines is 2. The summed E-state index contributed by atoms with van der Waals surface area (Å²) >= 11 is 0. The first kappa shape index (κ1) is 13.1. The molecule has 2 aromatic carbocycles. The van der Waals surface area contributed by atoms with Crippen LogP contribution in [-0.2, 0) is 4.79 Å². The smallest absolute Gasteiger partial charge is 0.360 e. The van der Waals surface area contributed by atoms with Crippen LogP contribution in [0, 0.1) is 0 Å². The standard InChI is InChI=1S/C14H15N3O2/c15-14(16,13(18)19)17(11-7-3-1-4-8-11)12-9-5-2-6-10-12/h1-10H,15-16H2,(H,18,19). The molecule has 0 aromatic heterocycles. The molecule has 2 aromatic rings. The van der Waals surface area contributed by atoms with E-state index in [9.17, 15) is 9.90 Å². The summed E-state index contributed by atoms with van der Waals surface area (Å²) in [7, 11) is 0. The topological polar surface area (TPSA) is 92.6 Å². The maximum absolute atomic E-state index is 11.3. The quantitative estimate of drug-likeness (QED) is 0.721. The number of aliphatic carboxylic acids is 1. The van der Waals surface area contributed by atoms with Gasteiger partial charge in [0.05, 0.1) is 0 Å². The Morgan fingerprint density at radius 2 is 1.26 bits per heavy atom. The summed E-state index contributed by atoms with van der Waals surface area (Å²) in [6.45, 7) is 0. The highest BCUT2D eigenvalue weighted by Gasteiger charge is 2.37. The predicted octanol–water partition coefficient (Wildman–Crippen LogP) is 1.48. The van der Waals surface area contributed by atoms with Crippen molar-refractivity contribution in [2.24, 2.45) is 11.5 Å². The van der Waals surface area contributed by atoms with Gasteiger partial charge in [0, 0.05) is 11.4 Å². The monoisotopic (exact) mass is 257 g/mol. The zero-order valence-electron chi connectivity index (χ0n) is 10.2. The Balaban J connectivity index is 2.55. The lowest BCUT2D eigenvalue weighted by Crippen LogP contribution is -2.67. The van der Waals surface area contributed by atoms with Crippen LogP contribution >= 0.6 is 0 Å². The van der Waals surface area contributed by atoms with Crippen LogP contribution < -0.4 is 16.4 Å². The number of hydrogen-bond donors (Lipinski definition) is 3. The minimum Gasteiger partial charge on any atom is -0.477 e. The third-order valence-corrected chi connectivity index (χ3v) is 2.74. The van der Waals surface area contributed by atoms with E-state index in [0.29, 0.717) is 11.4 Å². The van der Waals surface area contributed by atoms with E-state index in [2.05, 4.69) is 0 Å². The summed E-state index contributed by atoms with van der Waals surface area (Å²) in [5.74, 6) is -3.33. The molecule has 5 heteroatoms. The van der Waals surface area contributed by atoms with Crippen molar-refractivity contribution < 1.29 is 9.90 Å². The highest BCUT2D eigenvalue weighted by Crippen LogP contribution is 2.28. The molecule has 0 spiro atoms. The summed E-state index contributed by atoms with van der Waals surface area (Å²) in [5.41, 5.74) is 12.8. The SMILES string of the molecule is NC(N)(C(=O)O)N(c1ccccc1)c1ccccc1. The highest BCUT2D eigenvalue weighted by atomic mass is 16.4. The number of nitrogens with zero attached hydrogens (tertiary/aromatic N) is 1. The second kappa shape index (κ2) is 5.09. The van der Waals surface area contributed by atoms with Crippen LogP contribution in [0.2, 0.25) is 0 Å². The number of benzene rings is 2. The Bertz CT molecular complexity index is 516. The van der Waals surface area contributed by atoms with Gasteiger partial charge in [-0.15, -0.1) is 0 Å². The van der Waals surface area contributed by atoms with Gasteiger partial charge in [0.15, 0.2) is 0 Å². The average Bonchev–Trinajstić information content (AvgIpc) is 2.41. The Labute approximate surface area is 111 Å². The molecule has 0 unspecified atom stereocenters. The lowest BCUT2D eigenvalue weighted by Gasteiger charge is -2.36. The van der Waals surface area contributed by atoms with Crippen LogP contribution in [0.1, 0.15) is 0 Å². The number of hydrogen-bond acceptors (Lipinski definition) is 4. The van der Waals surface area contributed by atoms with Gasteiger partial charge < -0.3 is 10.0 Å². The van der Waals surface area contributed by atoms with Crippen LogP contribution in [0.25, 0.3) is 0 Å². The zero-order chi connectivity index (χ0) is 13.9. The van der Waals surface area contributed by atoms with E-state index in [1.165, 1.54) is 4.90 Å². The first-order chi connectivity index (χ1) is 9.03. The third-order valence-electron chi connectivity index (χ3n) is 2.74. The minimum absolute atomic E-state index is 0.612. The van der Waals surface area contributed by atoms with Gasteiger partial charge in [0.2, 0.25) is 5.79 Å². The maximum atomic E-state index is 11.3. The lowest BCUT2D eigenvalue weighted by atomic mass is 10.2. The van der Waals surface area contributed by atoms with Gasteiger partial charge in [-0.05, 0) is 24.3 Å². The maximum Gasteiger partial charge on any atom is 0.360 e. The van der Waals surface area contributed by atoms with Crippen molar-refractivity contribution in [1.82, 2.24) is 0 Å². The van der Waals surface area contributed by atoms with E-state index >= 15 is 0 Å². The first-order valence-electron chi connectivity index (χ1n) is 5.75. The molecule has 0 radical (unpaired) electrons. The van der Waals surface area contributed by atoms with Crippen LogP contribution in [0.4, 0.5) is 11.4 Å². The Kier molecular flexibility index (Phi) is 3.50. The molecule has 0 fully saturated rings. The highest BCUT2D eigenvalue weighted by molar-refractivity contribution is 5.85. The molecule has 5 N–H and O–H groups in total. The molecule has 0 atom stereocenters. The van der Waals surface area contributed by atoms with Crippen molar-refractivity contribution in [3.05, 3.63) is 60.7 Å². The number of para-hydroxylation sites is 2. The lowest BCUT2D eigenvalue weighted by molar-refractivity contribution is -0.142. The van der Waals surface area contributed by atoms with Crippen LogP contribution in [-0.4, -0.2) is 16.9 Å². The summed E-state index contributed by atoms with van der Waals surface area (Å²) < 4.78 is 0. The van der Waals surface area contributed by atoms with E-state index in [-0.39, 0.29) is 0 Å². The first-order valence-corrected chi connectivity index (χ1v) is 5.75. The fourth-order valence-corrected chi connectivity index (χ4v) is 1.83. The molecule has 98 valence electrons. The largest absolute Gasteiger partial charge is 0.477 e. The molecule has 0 aliphatic carbocycles. The Hall–Kier alpha value is -2.37. The van der Waals surface area contributed by atoms with E-state index in [1.54, 1.807) is 48.5 Å². The molecular weight excluding hydrogens is 242 g/mol. The van der Waals surface area contributed by atoms with Gasteiger partial charge >= 0.3 is 5.97 Å². The molecule has 0 aliphatic rings. The van der Waals surface area contributed by atoms with Gasteiger partial charge in [-0.25, -0.2) is 4.79 Å². The number of carbonyl (C=O) groups is 1.